The summed E-state index contributed by atoms with van der Waals surface area (Å²) in [5, 5.41) is 2.96. The standard InChI is InChI=1S/C26H26Cl2FN3O4S/c1-3-30-26(34)18(2)31(16-19-9-12-21(29)13-10-19)25(33)17-32(24-15-20(27)11-14-23(24)28)37(35,36)22-7-5-4-6-8-22/h4-15,18H,3,16-17H2,1-2H3,(H,30,34)/t18-/m0/s1. The summed E-state index contributed by atoms with van der Waals surface area (Å²) >= 11 is 12.5. The van der Waals surface area contributed by atoms with E-state index in [1.54, 1.807) is 25.1 Å². The highest BCUT2D eigenvalue weighted by Gasteiger charge is 2.33. The Hall–Kier alpha value is -3.14. The first-order chi connectivity index (χ1) is 17.5. The maximum Gasteiger partial charge on any atom is 0.264 e. The zero-order valence-corrected chi connectivity index (χ0v) is 22.5. The van der Waals surface area contributed by atoms with Crippen LogP contribution in [0.25, 0.3) is 0 Å². The van der Waals surface area contributed by atoms with Crippen LogP contribution in [0.2, 0.25) is 10.0 Å². The fourth-order valence-electron chi connectivity index (χ4n) is 3.60. The molecule has 0 aliphatic rings. The number of halogens is 3. The average Bonchev–Trinajstić information content (AvgIpc) is 2.88. The average molecular weight is 566 g/mol. The lowest BCUT2D eigenvalue weighted by Gasteiger charge is -2.32. The molecule has 3 aromatic carbocycles. The highest BCUT2D eigenvalue weighted by atomic mass is 35.5. The van der Waals surface area contributed by atoms with Gasteiger partial charge in [0.2, 0.25) is 11.8 Å². The molecule has 7 nitrogen and oxygen atoms in total. The van der Waals surface area contributed by atoms with Crippen molar-refractivity contribution in [1.82, 2.24) is 10.2 Å². The molecule has 0 saturated carbocycles. The summed E-state index contributed by atoms with van der Waals surface area (Å²) in [6, 6.07) is 16.4. The molecule has 0 spiro atoms. The molecule has 0 aliphatic carbocycles. The van der Waals surface area contributed by atoms with E-state index in [9.17, 15) is 22.4 Å². The summed E-state index contributed by atoms with van der Waals surface area (Å²) in [4.78, 5) is 27.6. The van der Waals surface area contributed by atoms with Crippen molar-refractivity contribution >= 4 is 50.7 Å². The highest BCUT2D eigenvalue weighted by Crippen LogP contribution is 2.33. The third-order valence-electron chi connectivity index (χ3n) is 5.57. The number of benzene rings is 3. The molecule has 0 radical (unpaired) electrons. The van der Waals surface area contributed by atoms with Crippen LogP contribution in [0.3, 0.4) is 0 Å². The van der Waals surface area contributed by atoms with Crippen LogP contribution in [0, 0.1) is 5.82 Å². The topological polar surface area (TPSA) is 86.8 Å². The largest absolute Gasteiger partial charge is 0.355 e. The number of hydrogen-bond donors (Lipinski definition) is 1. The lowest BCUT2D eigenvalue weighted by Crippen LogP contribution is -2.51. The molecule has 1 N–H and O–H groups in total. The number of nitrogens with one attached hydrogen (secondary N) is 1. The van der Waals surface area contributed by atoms with Crippen LogP contribution in [-0.2, 0) is 26.2 Å². The normalized spacial score (nSPS) is 12.0. The summed E-state index contributed by atoms with van der Waals surface area (Å²) in [6.45, 7) is 2.90. The van der Waals surface area contributed by atoms with Crippen LogP contribution < -0.4 is 9.62 Å². The Morgan fingerprint density at radius 1 is 1.00 bits per heavy atom. The lowest BCUT2D eigenvalue weighted by molar-refractivity contribution is -0.139. The van der Waals surface area contributed by atoms with Gasteiger partial charge < -0.3 is 10.2 Å². The fourth-order valence-corrected chi connectivity index (χ4v) is 5.48. The number of carbonyl (C=O) groups is 2. The number of amides is 2. The maximum atomic E-state index is 13.7. The Labute approximate surface area is 225 Å². The zero-order valence-electron chi connectivity index (χ0n) is 20.2. The van der Waals surface area contributed by atoms with E-state index in [1.807, 2.05) is 0 Å². The van der Waals surface area contributed by atoms with E-state index < -0.39 is 40.2 Å². The van der Waals surface area contributed by atoms with Crippen LogP contribution in [0.5, 0.6) is 0 Å². The fraction of sp³-hybridized carbons (Fsp3) is 0.231. The first-order valence-electron chi connectivity index (χ1n) is 11.4. The molecule has 0 unspecified atom stereocenters. The minimum atomic E-state index is -4.26. The van der Waals surface area contributed by atoms with Gasteiger partial charge in [-0.15, -0.1) is 0 Å². The number of hydrogen-bond acceptors (Lipinski definition) is 4. The molecule has 37 heavy (non-hydrogen) atoms. The smallest absolute Gasteiger partial charge is 0.264 e. The molecule has 3 rings (SSSR count). The monoisotopic (exact) mass is 565 g/mol. The number of likely N-dealkylation sites (N-methyl/N-ethyl adjacent to an activating group) is 1. The van der Waals surface area contributed by atoms with Gasteiger partial charge in [0.05, 0.1) is 15.6 Å². The first-order valence-corrected chi connectivity index (χ1v) is 13.6. The molecule has 0 aliphatic heterocycles. The Morgan fingerprint density at radius 3 is 2.27 bits per heavy atom. The molecule has 0 aromatic heterocycles. The van der Waals surface area contributed by atoms with E-state index in [1.165, 1.54) is 66.4 Å². The molecule has 1 atom stereocenters. The van der Waals surface area contributed by atoms with Crippen molar-refractivity contribution in [2.45, 2.75) is 31.3 Å². The number of carbonyl (C=O) groups excluding carboxylic acids is 2. The predicted octanol–water partition coefficient (Wildman–Crippen LogP) is 4.88. The van der Waals surface area contributed by atoms with Crippen molar-refractivity contribution in [2.24, 2.45) is 0 Å². The summed E-state index contributed by atoms with van der Waals surface area (Å²) in [7, 11) is -4.26. The molecule has 3 aromatic rings. The summed E-state index contributed by atoms with van der Waals surface area (Å²) in [5.74, 6) is -1.54. The van der Waals surface area contributed by atoms with E-state index in [2.05, 4.69) is 5.32 Å². The van der Waals surface area contributed by atoms with Gasteiger partial charge in [0.15, 0.2) is 0 Å². The molecular weight excluding hydrogens is 540 g/mol. The van der Waals surface area contributed by atoms with E-state index in [0.29, 0.717) is 12.1 Å². The van der Waals surface area contributed by atoms with E-state index in [-0.39, 0.29) is 27.2 Å². The van der Waals surface area contributed by atoms with Gasteiger partial charge in [-0.05, 0) is 61.9 Å². The molecule has 0 heterocycles. The van der Waals surface area contributed by atoms with Crippen LogP contribution >= 0.6 is 23.2 Å². The van der Waals surface area contributed by atoms with Gasteiger partial charge in [0.25, 0.3) is 10.0 Å². The third kappa shape index (κ3) is 7.00. The number of nitrogens with zero attached hydrogens (tertiary/aromatic N) is 2. The minimum absolute atomic E-state index is 0.0127. The van der Waals surface area contributed by atoms with Crippen LogP contribution in [-0.4, -0.2) is 44.3 Å². The maximum absolute atomic E-state index is 13.7. The van der Waals surface area contributed by atoms with Crippen molar-refractivity contribution in [3.8, 4) is 0 Å². The Kier molecular flexibility index (Phi) is 9.53. The van der Waals surface area contributed by atoms with E-state index in [0.717, 1.165) is 4.31 Å². The van der Waals surface area contributed by atoms with Crippen LogP contribution in [0.1, 0.15) is 19.4 Å². The van der Waals surface area contributed by atoms with Crippen LogP contribution in [0.4, 0.5) is 10.1 Å². The van der Waals surface area contributed by atoms with Gasteiger partial charge in [0.1, 0.15) is 18.4 Å². The molecule has 0 fully saturated rings. The van der Waals surface area contributed by atoms with E-state index >= 15 is 0 Å². The highest BCUT2D eigenvalue weighted by molar-refractivity contribution is 7.92. The van der Waals surface area contributed by atoms with Crippen molar-refractivity contribution < 1.29 is 22.4 Å². The molecule has 2 amide bonds. The van der Waals surface area contributed by atoms with E-state index in [4.69, 9.17) is 23.2 Å². The van der Waals surface area contributed by atoms with Gasteiger partial charge in [-0.1, -0.05) is 53.5 Å². The van der Waals surface area contributed by atoms with Gasteiger partial charge >= 0.3 is 0 Å². The van der Waals surface area contributed by atoms with Crippen molar-refractivity contribution in [3.05, 3.63) is 94.2 Å². The molecule has 11 heteroatoms. The number of rotatable bonds is 10. The summed E-state index contributed by atoms with van der Waals surface area (Å²) in [6.07, 6.45) is 0. The molecule has 0 saturated heterocycles. The zero-order chi connectivity index (χ0) is 27.2. The molecule has 196 valence electrons. The molecule has 0 bridgehead atoms. The van der Waals surface area contributed by atoms with Crippen LogP contribution in [0.15, 0.2) is 77.7 Å². The van der Waals surface area contributed by atoms with Gasteiger partial charge in [0, 0.05) is 18.1 Å². The second-order valence-electron chi connectivity index (χ2n) is 8.14. The van der Waals surface area contributed by atoms with Crippen molar-refractivity contribution in [1.29, 1.82) is 0 Å². The predicted molar refractivity (Wildman–Crippen MR) is 143 cm³/mol. The quantitative estimate of drug-likeness (QED) is 0.379. The first kappa shape index (κ1) is 28.4. The Morgan fingerprint density at radius 2 is 1.65 bits per heavy atom. The van der Waals surface area contributed by atoms with Gasteiger partial charge in [-0.3, -0.25) is 13.9 Å². The SMILES string of the molecule is CCNC(=O)[C@H](C)N(Cc1ccc(F)cc1)C(=O)CN(c1cc(Cl)ccc1Cl)S(=O)(=O)c1ccccc1. The Bertz CT molecular complexity index is 1360. The van der Waals surface area contributed by atoms with Gasteiger partial charge in [-0.25, -0.2) is 12.8 Å². The van der Waals surface area contributed by atoms with Crippen molar-refractivity contribution in [3.63, 3.8) is 0 Å². The lowest BCUT2D eigenvalue weighted by atomic mass is 10.1. The molecular formula is C26H26Cl2FN3O4S. The number of sulfonamides is 1. The summed E-state index contributed by atoms with van der Waals surface area (Å²) in [5.41, 5.74) is 0.572. The van der Waals surface area contributed by atoms with Crippen molar-refractivity contribution in [2.75, 3.05) is 17.4 Å². The third-order valence-corrected chi connectivity index (χ3v) is 7.90. The van der Waals surface area contributed by atoms with Gasteiger partial charge in [-0.2, -0.15) is 0 Å². The second kappa shape index (κ2) is 12.4. The Balaban J connectivity index is 2.05. The second-order valence-corrected chi connectivity index (χ2v) is 10.8. The minimum Gasteiger partial charge on any atom is -0.355 e. The summed E-state index contributed by atoms with van der Waals surface area (Å²) < 4.78 is 41.7. The number of anilines is 1.